The molecule has 0 bridgehead atoms. The number of sulfonamides is 1. The number of nitrogens with two attached hydrogens (primary N) is 1. The Kier molecular flexibility index (Phi) is 7.14. The van der Waals surface area contributed by atoms with Gasteiger partial charge < -0.3 is 10.8 Å². The molecule has 0 heterocycles. The molecular formula is C10H24N2O3S. The number of aliphatic hydroxyl groups is 1. The lowest BCUT2D eigenvalue weighted by Crippen LogP contribution is -2.47. The Hall–Kier alpha value is -0.170. The number of hydrogen-bond donors (Lipinski definition) is 2. The van der Waals surface area contributed by atoms with Crippen molar-refractivity contribution in [2.75, 3.05) is 19.7 Å². The van der Waals surface area contributed by atoms with Crippen LogP contribution < -0.4 is 5.73 Å². The minimum atomic E-state index is -3.39. The monoisotopic (exact) mass is 252 g/mol. The van der Waals surface area contributed by atoms with Gasteiger partial charge in [0.1, 0.15) is 0 Å². The molecule has 5 nitrogen and oxygen atoms in total. The van der Waals surface area contributed by atoms with Gasteiger partial charge in [-0.25, -0.2) is 8.42 Å². The van der Waals surface area contributed by atoms with Crippen molar-refractivity contribution in [3.63, 3.8) is 0 Å². The van der Waals surface area contributed by atoms with E-state index in [4.69, 9.17) is 10.8 Å². The second-order valence-electron chi connectivity index (χ2n) is 3.90. The maximum atomic E-state index is 12.1. The average molecular weight is 252 g/mol. The van der Waals surface area contributed by atoms with Crippen LogP contribution in [0.5, 0.6) is 0 Å². The highest BCUT2D eigenvalue weighted by atomic mass is 32.2. The van der Waals surface area contributed by atoms with Crippen molar-refractivity contribution >= 4 is 10.0 Å². The van der Waals surface area contributed by atoms with Gasteiger partial charge in [-0.1, -0.05) is 13.8 Å². The van der Waals surface area contributed by atoms with Crippen molar-refractivity contribution in [1.82, 2.24) is 4.31 Å². The first-order valence-electron chi connectivity index (χ1n) is 5.77. The highest BCUT2D eigenvalue weighted by molar-refractivity contribution is 7.89. The molecule has 0 radical (unpaired) electrons. The van der Waals surface area contributed by atoms with E-state index in [1.54, 1.807) is 6.92 Å². The maximum absolute atomic E-state index is 12.1. The lowest BCUT2D eigenvalue weighted by Gasteiger charge is -2.31. The van der Waals surface area contributed by atoms with Crippen molar-refractivity contribution in [2.24, 2.45) is 5.73 Å². The van der Waals surface area contributed by atoms with E-state index < -0.39 is 15.3 Å². The summed E-state index contributed by atoms with van der Waals surface area (Å²) in [5.74, 6) is 0. The third-order valence-electron chi connectivity index (χ3n) is 2.84. The van der Waals surface area contributed by atoms with Gasteiger partial charge in [-0.15, -0.1) is 0 Å². The summed E-state index contributed by atoms with van der Waals surface area (Å²) in [5.41, 5.74) is 5.41. The van der Waals surface area contributed by atoms with Crippen molar-refractivity contribution in [2.45, 2.75) is 44.9 Å². The van der Waals surface area contributed by atoms with E-state index in [0.29, 0.717) is 0 Å². The van der Waals surface area contributed by atoms with E-state index in [-0.39, 0.29) is 25.7 Å². The van der Waals surface area contributed by atoms with Gasteiger partial charge in [-0.05, 0) is 19.8 Å². The van der Waals surface area contributed by atoms with Crippen LogP contribution in [0.25, 0.3) is 0 Å². The van der Waals surface area contributed by atoms with Crippen LogP contribution in [0.1, 0.15) is 33.6 Å². The zero-order valence-corrected chi connectivity index (χ0v) is 11.2. The lowest BCUT2D eigenvalue weighted by atomic mass is 10.2. The number of rotatable bonds is 8. The number of nitrogens with zero attached hydrogens (tertiary/aromatic N) is 1. The molecule has 1 atom stereocenters. The Balaban J connectivity index is 5.03. The third kappa shape index (κ3) is 3.69. The molecule has 98 valence electrons. The molecule has 0 saturated heterocycles. The van der Waals surface area contributed by atoms with Crippen molar-refractivity contribution in [1.29, 1.82) is 0 Å². The van der Waals surface area contributed by atoms with E-state index in [1.165, 1.54) is 4.31 Å². The van der Waals surface area contributed by atoms with Crippen LogP contribution in [0.2, 0.25) is 0 Å². The fourth-order valence-electron chi connectivity index (χ4n) is 1.66. The van der Waals surface area contributed by atoms with Crippen LogP contribution in [0.4, 0.5) is 0 Å². The van der Waals surface area contributed by atoms with Gasteiger partial charge in [-0.3, -0.25) is 0 Å². The van der Waals surface area contributed by atoms with Gasteiger partial charge in [0.2, 0.25) is 10.0 Å². The van der Waals surface area contributed by atoms with Crippen LogP contribution in [0.15, 0.2) is 0 Å². The van der Waals surface area contributed by atoms with Crippen LogP contribution in [-0.2, 0) is 10.0 Å². The fraction of sp³-hybridized carbons (Fsp3) is 1.00. The van der Waals surface area contributed by atoms with Gasteiger partial charge in [0.05, 0.1) is 11.9 Å². The molecule has 0 amide bonds. The first-order chi connectivity index (χ1) is 7.45. The SMILES string of the molecule is CCC(CC)N(CCO)S(=O)(=O)C(C)CN. The molecule has 6 heteroatoms. The van der Waals surface area contributed by atoms with E-state index in [2.05, 4.69) is 0 Å². The van der Waals surface area contributed by atoms with Crippen molar-refractivity contribution in [3.05, 3.63) is 0 Å². The molecule has 16 heavy (non-hydrogen) atoms. The zero-order valence-electron chi connectivity index (χ0n) is 10.4. The molecule has 0 aromatic rings. The Morgan fingerprint density at radius 1 is 1.31 bits per heavy atom. The summed E-state index contributed by atoms with van der Waals surface area (Å²) in [7, 11) is -3.39. The first kappa shape index (κ1) is 15.8. The molecule has 0 aliphatic heterocycles. The van der Waals surface area contributed by atoms with E-state index >= 15 is 0 Å². The summed E-state index contributed by atoms with van der Waals surface area (Å²) >= 11 is 0. The molecule has 0 aromatic carbocycles. The van der Waals surface area contributed by atoms with Gasteiger partial charge in [0.15, 0.2) is 0 Å². The standard InChI is InChI=1S/C10H24N2O3S/c1-4-10(5-2)12(6-7-13)16(14,15)9(3)8-11/h9-10,13H,4-8,11H2,1-3H3. The molecule has 0 fully saturated rings. The summed E-state index contributed by atoms with van der Waals surface area (Å²) in [5, 5.41) is 8.36. The Labute approximate surface area is 98.7 Å². The molecule has 0 spiro atoms. The predicted octanol–water partition coefficient (Wildman–Crippen LogP) is 0.146. The van der Waals surface area contributed by atoms with Crippen LogP contribution in [0.3, 0.4) is 0 Å². The number of aliphatic hydroxyl groups excluding tert-OH is 1. The van der Waals surface area contributed by atoms with Crippen LogP contribution >= 0.6 is 0 Å². The second-order valence-corrected chi connectivity index (χ2v) is 6.20. The van der Waals surface area contributed by atoms with E-state index in [1.807, 2.05) is 13.8 Å². The summed E-state index contributed by atoms with van der Waals surface area (Å²) in [6, 6.07) is -0.0499. The van der Waals surface area contributed by atoms with Crippen molar-refractivity contribution in [3.8, 4) is 0 Å². The molecule has 0 aliphatic carbocycles. The number of hydrogen-bond acceptors (Lipinski definition) is 4. The van der Waals surface area contributed by atoms with Gasteiger partial charge in [0.25, 0.3) is 0 Å². The minimum absolute atomic E-state index is 0.0499. The first-order valence-corrected chi connectivity index (χ1v) is 7.27. The fourth-order valence-corrected chi connectivity index (χ4v) is 3.42. The highest BCUT2D eigenvalue weighted by Crippen LogP contribution is 2.16. The normalized spacial score (nSPS) is 14.7. The molecular weight excluding hydrogens is 228 g/mol. The molecule has 0 aromatic heterocycles. The predicted molar refractivity (Wildman–Crippen MR) is 65.6 cm³/mol. The van der Waals surface area contributed by atoms with E-state index in [9.17, 15) is 8.42 Å². The van der Waals surface area contributed by atoms with Crippen molar-refractivity contribution < 1.29 is 13.5 Å². The molecule has 0 aliphatic rings. The van der Waals surface area contributed by atoms with Crippen LogP contribution in [-0.4, -0.2) is 48.8 Å². The Bertz CT molecular complexity index is 276. The summed E-state index contributed by atoms with van der Waals surface area (Å²) in [6.45, 7) is 5.58. The molecule has 3 N–H and O–H groups in total. The summed E-state index contributed by atoms with van der Waals surface area (Å²) in [6.07, 6.45) is 1.49. The molecule has 1 unspecified atom stereocenters. The Morgan fingerprint density at radius 2 is 1.81 bits per heavy atom. The minimum Gasteiger partial charge on any atom is -0.395 e. The smallest absolute Gasteiger partial charge is 0.218 e. The molecule has 0 rings (SSSR count). The average Bonchev–Trinajstić information content (AvgIpc) is 2.28. The lowest BCUT2D eigenvalue weighted by molar-refractivity contribution is 0.218. The third-order valence-corrected chi connectivity index (χ3v) is 5.18. The quantitative estimate of drug-likeness (QED) is 0.644. The summed E-state index contributed by atoms with van der Waals surface area (Å²) < 4.78 is 25.7. The largest absolute Gasteiger partial charge is 0.395 e. The van der Waals surface area contributed by atoms with E-state index in [0.717, 1.165) is 12.8 Å². The Morgan fingerprint density at radius 3 is 2.12 bits per heavy atom. The van der Waals surface area contributed by atoms with Gasteiger partial charge in [-0.2, -0.15) is 4.31 Å². The van der Waals surface area contributed by atoms with Gasteiger partial charge >= 0.3 is 0 Å². The summed E-state index contributed by atoms with van der Waals surface area (Å²) in [4.78, 5) is 0. The molecule has 0 saturated carbocycles. The second kappa shape index (κ2) is 7.21. The zero-order chi connectivity index (χ0) is 12.8. The van der Waals surface area contributed by atoms with Gasteiger partial charge in [0, 0.05) is 19.1 Å². The topological polar surface area (TPSA) is 83.6 Å². The highest BCUT2D eigenvalue weighted by Gasteiger charge is 2.31. The van der Waals surface area contributed by atoms with Crippen LogP contribution in [0, 0.1) is 0 Å². The maximum Gasteiger partial charge on any atom is 0.218 e.